The summed E-state index contributed by atoms with van der Waals surface area (Å²) in [6.45, 7) is 8.06. The molecular formula is C14H20N4O2. The van der Waals surface area contributed by atoms with E-state index in [1.165, 1.54) is 0 Å². The van der Waals surface area contributed by atoms with E-state index in [2.05, 4.69) is 10.0 Å². The second-order valence-corrected chi connectivity index (χ2v) is 5.53. The van der Waals surface area contributed by atoms with Crippen molar-refractivity contribution in [1.82, 2.24) is 0 Å². The average Bonchev–Trinajstić information content (AvgIpc) is 2.35. The maximum atomic E-state index is 11.5. The number of nitrogens with two attached hydrogens (primary N) is 1. The van der Waals surface area contributed by atoms with Crippen LogP contribution >= 0.6 is 0 Å². The van der Waals surface area contributed by atoms with Gasteiger partial charge < -0.3 is 10.5 Å². The molecule has 0 fully saturated rings. The summed E-state index contributed by atoms with van der Waals surface area (Å²) in [7, 11) is 0. The molecule has 6 nitrogen and oxygen atoms in total. The molecule has 1 rings (SSSR count). The Morgan fingerprint density at radius 2 is 2.15 bits per heavy atom. The van der Waals surface area contributed by atoms with Crippen molar-refractivity contribution in [2.24, 2.45) is 16.8 Å². The van der Waals surface area contributed by atoms with Crippen LogP contribution in [0.4, 0.5) is 0 Å². The Balaban J connectivity index is 3.19. The first kappa shape index (κ1) is 15.9. The summed E-state index contributed by atoms with van der Waals surface area (Å²) in [5, 5.41) is 3.72. The summed E-state index contributed by atoms with van der Waals surface area (Å²) in [4.78, 5) is 14.4. The van der Waals surface area contributed by atoms with Crippen LogP contribution in [-0.2, 0) is 5.54 Å². The van der Waals surface area contributed by atoms with Gasteiger partial charge in [-0.1, -0.05) is 38.9 Å². The van der Waals surface area contributed by atoms with Gasteiger partial charge in [-0.15, -0.1) is 0 Å². The predicted octanol–water partition coefficient (Wildman–Crippen LogP) is 3.37. The number of primary amides is 1. The van der Waals surface area contributed by atoms with Gasteiger partial charge in [0, 0.05) is 4.91 Å². The summed E-state index contributed by atoms with van der Waals surface area (Å²) in [5.41, 5.74) is 14.2. The first-order chi connectivity index (χ1) is 9.27. The lowest BCUT2D eigenvalue weighted by Gasteiger charge is -2.20. The van der Waals surface area contributed by atoms with Crippen molar-refractivity contribution in [3.63, 3.8) is 0 Å². The molecule has 20 heavy (non-hydrogen) atoms. The standard InChI is InChI=1S/C14H20N4O2/c1-9(2)8-20-12-6-5-10(7-11(12)13(15)19)14(3,4)17-18-16/h5-7,9H,8H2,1-4H3,(H2,15,19). The molecule has 2 N–H and O–H groups in total. The highest BCUT2D eigenvalue weighted by Crippen LogP contribution is 2.29. The fourth-order valence-corrected chi connectivity index (χ4v) is 1.65. The van der Waals surface area contributed by atoms with E-state index in [1.54, 1.807) is 32.0 Å². The number of ether oxygens (including phenoxy) is 1. The molecule has 0 aromatic heterocycles. The van der Waals surface area contributed by atoms with Crippen LogP contribution < -0.4 is 10.5 Å². The summed E-state index contributed by atoms with van der Waals surface area (Å²) >= 11 is 0. The molecule has 0 aliphatic carbocycles. The predicted molar refractivity (Wildman–Crippen MR) is 77.5 cm³/mol. The zero-order chi connectivity index (χ0) is 15.3. The van der Waals surface area contributed by atoms with Gasteiger partial charge in [-0.05, 0) is 29.1 Å². The molecule has 0 aliphatic rings. The molecule has 1 aromatic rings. The van der Waals surface area contributed by atoms with E-state index in [9.17, 15) is 4.79 Å². The van der Waals surface area contributed by atoms with Crippen LogP contribution in [0.3, 0.4) is 0 Å². The smallest absolute Gasteiger partial charge is 0.252 e. The summed E-state index contributed by atoms with van der Waals surface area (Å²) in [6, 6.07) is 5.08. The molecule has 0 aliphatic heterocycles. The topological polar surface area (TPSA) is 101 Å². The summed E-state index contributed by atoms with van der Waals surface area (Å²) in [6.07, 6.45) is 0. The number of azide groups is 1. The van der Waals surface area contributed by atoms with Crippen LogP contribution in [0.25, 0.3) is 10.4 Å². The molecule has 1 aromatic carbocycles. The number of carbonyl (C=O) groups is 1. The van der Waals surface area contributed by atoms with Gasteiger partial charge in [0.15, 0.2) is 0 Å². The van der Waals surface area contributed by atoms with E-state index in [4.69, 9.17) is 16.0 Å². The number of amides is 1. The molecule has 0 unspecified atom stereocenters. The number of hydrogen-bond acceptors (Lipinski definition) is 3. The van der Waals surface area contributed by atoms with Crippen LogP contribution in [0.5, 0.6) is 5.75 Å². The number of hydrogen-bond donors (Lipinski definition) is 1. The molecule has 0 atom stereocenters. The fraction of sp³-hybridized carbons (Fsp3) is 0.500. The zero-order valence-corrected chi connectivity index (χ0v) is 12.3. The second-order valence-electron chi connectivity index (χ2n) is 5.53. The molecular weight excluding hydrogens is 256 g/mol. The third kappa shape index (κ3) is 3.90. The Morgan fingerprint density at radius 1 is 1.50 bits per heavy atom. The molecule has 6 heteroatoms. The van der Waals surface area contributed by atoms with E-state index in [1.807, 2.05) is 13.8 Å². The van der Waals surface area contributed by atoms with Crippen LogP contribution in [0.2, 0.25) is 0 Å². The average molecular weight is 276 g/mol. The SMILES string of the molecule is CC(C)COc1ccc(C(C)(C)N=[N+]=[N-])cc1C(N)=O. The largest absolute Gasteiger partial charge is 0.492 e. The molecule has 1 amide bonds. The number of nitrogens with zero attached hydrogens (tertiary/aromatic N) is 3. The Labute approximate surface area is 118 Å². The molecule has 0 spiro atoms. The second kappa shape index (κ2) is 6.30. The van der Waals surface area contributed by atoms with Gasteiger partial charge in [-0.2, -0.15) is 0 Å². The molecule has 0 saturated heterocycles. The van der Waals surface area contributed by atoms with E-state index in [-0.39, 0.29) is 0 Å². The summed E-state index contributed by atoms with van der Waals surface area (Å²) in [5.74, 6) is 0.226. The summed E-state index contributed by atoms with van der Waals surface area (Å²) < 4.78 is 5.58. The lowest BCUT2D eigenvalue weighted by atomic mass is 9.93. The van der Waals surface area contributed by atoms with Crippen LogP contribution in [0, 0.1) is 5.92 Å². The van der Waals surface area contributed by atoms with Gasteiger partial charge in [0.2, 0.25) is 0 Å². The Hall–Kier alpha value is -2.20. The van der Waals surface area contributed by atoms with Crippen molar-refractivity contribution in [2.75, 3.05) is 6.61 Å². The van der Waals surface area contributed by atoms with E-state index < -0.39 is 11.4 Å². The zero-order valence-electron chi connectivity index (χ0n) is 12.3. The maximum Gasteiger partial charge on any atom is 0.252 e. The van der Waals surface area contributed by atoms with E-state index in [0.29, 0.717) is 29.4 Å². The van der Waals surface area contributed by atoms with Gasteiger partial charge in [0.25, 0.3) is 5.91 Å². The van der Waals surface area contributed by atoms with Crippen molar-refractivity contribution < 1.29 is 9.53 Å². The highest BCUT2D eigenvalue weighted by Gasteiger charge is 2.21. The molecule has 0 radical (unpaired) electrons. The molecule has 108 valence electrons. The Morgan fingerprint density at radius 3 is 2.65 bits per heavy atom. The van der Waals surface area contributed by atoms with E-state index >= 15 is 0 Å². The van der Waals surface area contributed by atoms with Crippen LogP contribution in [0.1, 0.15) is 43.6 Å². The molecule has 0 saturated carbocycles. The Kier molecular flexibility index (Phi) is 5.00. The number of carbonyl (C=O) groups excluding carboxylic acids is 1. The monoisotopic (exact) mass is 276 g/mol. The van der Waals surface area contributed by atoms with Crippen LogP contribution in [-0.4, -0.2) is 12.5 Å². The van der Waals surface area contributed by atoms with Gasteiger partial charge in [0.05, 0.1) is 17.7 Å². The van der Waals surface area contributed by atoms with E-state index in [0.717, 1.165) is 0 Å². The maximum absolute atomic E-state index is 11.5. The highest BCUT2D eigenvalue weighted by atomic mass is 16.5. The number of rotatable bonds is 6. The van der Waals surface area contributed by atoms with Crippen molar-refractivity contribution in [3.8, 4) is 5.75 Å². The Bertz CT molecular complexity index is 546. The minimum absolute atomic E-state index is 0.296. The van der Waals surface area contributed by atoms with Crippen molar-refractivity contribution in [3.05, 3.63) is 39.8 Å². The van der Waals surface area contributed by atoms with Gasteiger partial charge >= 0.3 is 0 Å². The quantitative estimate of drug-likeness (QED) is 0.489. The molecule has 0 bridgehead atoms. The van der Waals surface area contributed by atoms with Gasteiger partial charge in [0.1, 0.15) is 5.75 Å². The van der Waals surface area contributed by atoms with Gasteiger partial charge in [-0.3, -0.25) is 4.79 Å². The first-order valence-electron chi connectivity index (χ1n) is 6.41. The highest BCUT2D eigenvalue weighted by molar-refractivity contribution is 5.95. The molecule has 0 heterocycles. The minimum atomic E-state index is -0.754. The third-order valence-electron chi connectivity index (χ3n) is 2.82. The normalized spacial score (nSPS) is 11.1. The van der Waals surface area contributed by atoms with Crippen LogP contribution in [0.15, 0.2) is 23.3 Å². The first-order valence-corrected chi connectivity index (χ1v) is 6.41. The van der Waals surface area contributed by atoms with Crippen molar-refractivity contribution in [1.29, 1.82) is 0 Å². The van der Waals surface area contributed by atoms with Crippen molar-refractivity contribution >= 4 is 5.91 Å². The lowest BCUT2D eigenvalue weighted by molar-refractivity contribution is 0.0995. The lowest BCUT2D eigenvalue weighted by Crippen LogP contribution is -2.18. The minimum Gasteiger partial charge on any atom is -0.492 e. The van der Waals surface area contributed by atoms with Gasteiger partial charge in [-0.25, -0.2) is 0 Å². The number of benzene rings is 1. The van der Waals surface area contributed by atoms with Crippen molar-refractivity contribution in [2.45, 2.75) is 33.2 Å². The fourth-order valence-electron chi connectivity index (χ4n) is 1.65. The third-order valence-corrected chi connectivity index (χ3v) is 2.82.